The average Bonchev–Trinajstić information content (AvgIpc) is 2.35. The second-order valence-electron chi connectivity index (χ2n) is 4.66. The number of thioether (sulfide) groups is 1. The van der Waals surface area contributed by atoms with Gasteiger partial charge >= 0.3 is 0 Å². The summed E-state index contributed by atoms with van der Waals surface area (Å²) in [7, 11) is 1.81. The summed E-state index contributed by atoms with van der Waals surface area (Å²) in [6.07, 6.45) is 1.17. The smallest absolute Gasteiger partial charge is 0.244 e. The van der Waals surface area contributed by atoms with Crippen molar-refractivity contribution in [1.29, 1.82) is 0 Å². The van der Waals surface area contributed by atoms with Gasteiger partial charge in [-0.1, -0.05) is 25.6 Å². The molecule has 0 bridgehead atoms. The maximum absolute atomic E-state index is 11.6. The van der Waals surface area contributed by atoms with Crippen LogP contribution in [-0.2, 0) is 4.79 Å². The summed E-state index contributed by atoms with van der Waals surface area (Å²) in [5.74, 6) is 1.77. The summed E-state index contributed by atoms with van der Waals surface area (Å²) in [6.45, 7) is 7.37. The van der Waals surface area contributed by atoms with E-state index in [0.717, 1.165) is 17.5 Å². The molecule has 1 unspecified atom stereocenters. The van der Waals surface area contributed by atoms with Crippen LogP contribution in [0.25, 0.3) is 0 Å². The minimum atomic E-state index is 0.0778. The van der Waals surface area contributed by atoms with Crippen molar-refractivity contribution in [2.45, 2.75) is 33.2 Å². The van der Waals surface area contributed by atoms with Gasteiger partial charge in [0.1, 0.15) is 6.54 Å². The van der Waals surface area contributed by atoms with Gasteiger partial charge in [0.25, 0.3) is 0 Å². The number of amides is 1. The topological polar surface area (TPSA) is 44.7 Å². The molecule has 0 aromatic heterocycles. The van der Waals surface area contributed by atoms with Gasteiger partial charge in [0.2, 0.25) is 5.91 Å². The van der Waals surface area contributed by atoms with Crippen LogP contribution in [0.2, 0.25) is 0 Å². The van der Waals surface area contributed by atoms with Crippen molar-refractivity contribution in [2.75, 3.05) is 25.9 Å². The Balaban J connectivity index is 2.46. The lowest BCUT2D eigenvalue weighted by Gasteiger charge is -2.28. The molecular weight excluding hydrogens is 234 g/mol. The molecule has 4 nitrogen and oxygen atoms in total. The zero-order chi connectivity index (χ0) is 12.8. The molecule has 5 heteroatoms. The first-order valence-electron chi connectivity index (χ1n) is 6.22. The number of hydrogen-bond donors (Lipinski definition) is 1. The van der Waals surface area contributed by atoms with Gasteiger partial charge in [-0.05, 0) is 19.3 Å². The number of likely N-dealkylation sites (N-methyl/N-ethyl adjacent to an activating group) is 1. The summed E-state index contributed by atoms with van der Waals surface area (Å²) < 4.78 is 0. The number of rotatable bonds is 4. The molecule has 0 aromatic carbocycles. The minimum Gasteiger partial charge on any atom is -0.362 e. The van der Waals surface area contributed by atoms with Gasteiger partial charge in [0, 0.05) is 25.4 Å². The Bertz CT molecular complexity index is 291. The second kappa shape index (κ2) is 6.89. The molecule has 1 aliphatic rings. The fourth-order valence-corrected chi connectivity index (χ4v) is 2.54. The molecule has 0 radical (unpaired) electrons. The van der Waals surface area contributed by atoms with Gasteiger partial charge in [0.05, 0.1) is 0 Å². The monoisotopic (exact) mass is 257 g/mol. The highest BCUT2D eigenvalue weighted by atomic mass is 32.2. The molecule has 0 aromatic rings. The van der Waals surface area contributed by atoms with Crippen molar-refractivity contribution in [3.05, 3.63) is 0 Å². The molecule has 1 heterocycles. The third-order valence-electron chi connectivity index (χ3n) is 3.04. The van der Waals surface area contributed by atoms with Crippen molar-refractivity contribution in [3.8, 4) is 0 Å². The predicted molar refractivity (Wildman–Crippen MR) is 74.4 cm³/mol. The molecule has 0 spiro atoms. The Morgan fingerprint density at radius 3 is 2.94 bits per heavy atom. The standard InChI is InChI=1S/C12H23N3OS/c1-5-15(4)11(16)8-13-12-14-10(9(2)3)6-7-17-12/h9-10H,5-8H2,1-4H3,(H,13,14). The summed E-state index contributed by atoms with van der Waals surface area (Å²) in [4.78, 5) is 17.7. The normalized spacial score (nSPS) is 22.6. The summed E-state index contributed by atoms with van der Waals surface area (Å²) >= 11 is 1.71. The highest BCUT2D eigenvalue weighted by molar-refractivity contribution is 8.13. The van der Waals surface area contributed by atoms with Crippen LogP contribution in [-0.4, -0.2) is 47.9 Å². The van der Waals surface area contributed by atoms with Crippen LogP contribution in [0.15, 0.2) is 4.99 Å². The maximum atomic E-state index is 11.6. The van der Waals surface area contributed by atoms with E-state index in [4.69, 9.17) is 0 Å². The third kappa shape index (κ3) is 4.58. The molecular formula is C12H23N3OS. The van der Waals surface area contributed by atoms with Gasteiger partial charge in [-0.2, -0.15) is 0 Å². The minimum absolute atomic E-state index is 0.0778. The number of carbonyl (C=O) groups excluding carboxylic acids is 1. The third-order valence-corrected chi connectivity index (χ3v) is 4.00. The molecule has 1 rings (SSSR count). The van der Waals surface area contributed by atoms with Gasteiger partial charge in [-0.3, -0.25) is 9.79 Å². The van der Waals surface area contributed by atoms with Crippen molar-refractivity contribution >= 4 is 22.8 Å². The second-order valence-corrected chi connectivity index (χ2v) is 5.74. The molecule has 1 N–H and O–H groups in total. The summed E-state index contributed by atoms with van der Waals surface area (Å²) in [5.41, 5.74) is 0. The van der Waals surface area contributed by atoms with E-state index in [1.165, 1.54) is 6.42 Å². The van der Waals surface area contributed by atoms with Gasteiger partial charge in [-0.15, -0.1) is 0 Å². The zero-order valence-electron chi connectivity index (χ0n) is 11.2. The lowest BCUT2D eigenvalue weighted by Crippen LogP contribution is -2.41. The molecule has 0 aliphatic carbocycles. The number of carbonyl (C=O) groups is 1. The molecule has 1 aliphatic heterocycles. The lowest BCUT2D eigenvalue weighted by atomic mass is 10.0. The molecule has 98 valence electrons. The summed E-state index contributed by atoms with van der Waals surface area (Å²) in [6, 6.07) is 0.494. The average molecular weight is 257 g/mol. The number of aliphatic imine (C=N–C) groups is 1. The SMILES string of the molecule is CCN(C)C(=O)CN=C1NC(C(C)C)CCS1. The van der Waals surface area contributed by atoms with Crippen molar-refractivity contribution in [3.63, 3.8) is 0 Å². The fourth-order valence-electron chi connectivity index (χ4n) is 1.58. The van der Waals surface area contributed by atoms with Crippen molar-refractivity contribution < 1.29 is 4.79 Å². The molecule has 0 saturated carbocycles. The Hall–Kier alpha value is -0.710. The first kappa shape index (κ1) is 14.4. The summed E-state index contributed by atoms with van der Waals surface area (Å²) in [5, 5.41) is 4.33. The van der Waals surface area contributed by atoms with Gasteiger partial charge in [-0.25, -0.2) is 0 Å². The van der Waals surface area contributed by atoms with E-state index in [2.05, 4.69) is 24.2 Å². The van der Waals surface area contributed by atoms with E-state index in [0.29, 0.717) is 12.0 Å². The highest BCUT2D eigenvalue weighted by Crippen LogP contribution is 2.18. The van der Waals surface area contributed by atoms with E-state index < -0.39 is 0 Å². The Kier molecular flexibility index (Phi) is 5.82. The van der Waals surface area contributed by atoms with Crippen LogP contribution in [0.4, 0.5) is 0 Å². The van der Waals surface area contributed by atoms with Crippen LogP contribution in [0.3, 0.4) is 0 Å². The zero-order valence-corrected chi connectivity index (χ0v) is 12.0. The van der Waals surface area contributed by atoms with Crippen molar-refractivity contribution in [2.24, 2.45) is 10.9 Å². The Morgan fingerprint density at radius 1 is 1.65 bits per heavy atom. The molecule has 17 heavy (non-hydrogen) atoms. The Morgan fingerprint density at radius 2 is 2.35 bits per heavy atom. The van der Waals surface area contributed by atoms with Crippen molar-refractivity contribution in [1.82, 2.24) is 10.2 Å². The van der Waals surface area contributed by atoms with E-state index in [9.17, 15) is 4.79 Å². The highest BCUT2D eigenvalue weighted by Gasteiger charge is 2.20. The molecule has 1 atom stereocenters. The molecule has 1 saturated heterocycles. The van der Waals surface area contributed by atoms with Crippen LogP contribution < -0.4 is 5.32 Å². The Labute approximate surface area is 108 Å². The van der Waals surface area contributed by atoms with E-state index in [1.807, 2.05) is 6.92 Å². The first-order chi connectivity index (χ1) is 8.04. The molecule has 1 amide bonds. The molecule has 1 fully saturated rings. The quantitative estimate of drug-likeness (QED) is 0.831. The van der Waals surface area contributed by atoms with E-state index in [1.54, 1.807) is 23.7 Å². The van der Waals surface area contributed by atoms with Crippen LogP contribution >= 0.6 is 11.8 Å². The predicted octanol–water partition coefficient (Wildman–Crippen LogP) is 1.57. The van der Waals surface area contributed by atoms with Gasteiger partial charge in [0.15, 0.2) is 5.17 Å². The fraction of sp³-hybridized carbons (Fsp3) is 0.833. The lowest BCUT2D eigenvalue weighted by molar-refractivity contribution is -0.128. The van der Waals surface area contributed by atoms with Crippen LogP contribution in [0.5, 0.6) is 0 Å². The number of amidine groups is 1. The van der Waals surface area contributed by atoms with Gasteiger partial charge < -0.3 is 10.2 Å². The largest absolute Gasteiger partial charge is 0.362 e. The van der Waals surface area contributed by atoms with E-state index in [-0.39, 0.29) is 12.5 Å². The maximum Gasteiger partial charge on any atom is 0.244 e. The number of nitrogens with one attached hydrogen (secondary N) is 1. The first-order valence-corrected chi connectivity index (χ1v) is 7.21. The van der Waals surface area contributed by atoms with Crippen LogP contribution in [0.1, 0.15) is 27.2 Å². The number of hydrogen-bond acceptors (Lipinski definition) is 3. The van der Waals surface area contributed by atoms with E-state index >= 15 is 0 Å². The van der Waals surface area contributed by atoms with Crippen LogP contribution in [0, 0.1) is 5.92 Å². The number of nitrogens with zero attached hydrogens (tertiary/aromatic N) is 2.